The monoisotopic (exact) mass is 252 g/mol. The average molecular weight is 253 g/mol. The Morgan fingerprint density at radius 1 is 1.24 bits per heavy atom. The molecular formula is C13H14ClFN2. The van der Waals surface area contributed by atoms with Gasteiger partial charge in [0.15, 0.2) is 0 Å². The zero-order valence-electron chi connectivity index (χ0n) is 9.37. The first-order valence-corrected chi connectivity index (χ1v) is 5.87. The second kappa shape index (κ2) is 5.34. The van der Waals surface area contributed by atoms with Gasteiger partial charge in [-0.15, -0.1) is 0 Å². The third-order valence-electron chi connectivity index (χ3n) is 2.71. The van der Waals surface area contributed by atoms with Gasteiger partial charge in [-0.1, -0.05) is 17.7 Å². The van der Waals surface area contributed by atoms with Crippen LogP contribution in [0.3, 0.4) is 0 Å². The average Bonchev–Trinajstić information content (AvgIpc) is 2.72. The van der Waals surface area contributed by atoms with Gasteiger partial charge < -0.3 is 10.3 Å². The number of rotatable bonds is 4. The van der Waals surface area contributed by atoms with Crippen LogP contribution in [-0.4, -0.2) is 11.1 Å². The van der Waals surface area contributed by atoms with Gasteiger partial charge in [0, 0.05) is 22.5 Å². The van der Waals surface area contributed by atoms with Crippen LogP contribution < -0.4 is 5.73 Å². The lowest BCUT2D eigenvalue weighted by Crippen LogP contribution is -2.10. The highest BCUT2D eigenvalue weighted by atomic mass is 35.5. The van der Waals surface area contributed by atoms with E-state index in [2.05, 4.69) is 0 Å². The molecule has 0 amide bonds. The van der Waals surface area contributed by atoms with Crippen LogP contribution in [0.15, 0.2) is 36.5 Å². The summed E-state index contributed by atoms with van der Waals surface area (Å²) in [6.45, 7) is 1.02. The molecule has 0 spiro atoms. The Hall–Kier alpha value is -1.32. The summed E-state index contributed by atoms with van der Waals surface area (Å²) in [6.07, 6.45) is 2.69. The van der Waals surface area contributed by atoms with Crippen molar-refractivity contribution in [3.63, 3.8) is 0 Å². The van der Waals surface area contributed by atoms with Crippen molar-refractivity contribution in [2.75, 3.05) is 6.54 Å². The van der Waals surface area contributed by atoms with E-state index >= 15 is 0 Å². The molecule has 2 N–H and O–H groups in total. The molecule has 2 nitrogen and oxygen atoms in total. The van der Waals surface area contributed by atoms with Gasteiger partial charge in [-0.2, -0.15) is 0 Å². The molecule has 0 unspecified atom stereocenters. The highest BCUT2D eigenvalue weighted by Gasteiger charge is 2.09. The van der Waals surface area contributed by atoms with E-state index in [0.29, 0.717) is 23.7 Å². The van der Waals surface area contributed by atoms with E-state index in [9.17, 15) is 4.39 Å². The van der Waals surface area contributed by atoms with Crippen LogP contribution in [0.25, 0.3) is 0 Å². The molecule has 1 aromatic heterocycles. The van der Waals surface area contributed by atoms with E-state index in [0.717, 1.165) is 12.1 Å². The molecule has 0 saturated heterocycles. The van der Waals surface area contributed by atoms with Crippen LogP contribution in [0, 0.1) is 5.82 Å². The predicted molar refractivity (Wildman–Crippen MR) is 67.7 cm³/mol. The first-order valence-electron chi connectivity index (χ1n) is 5.49. The fourth-order valence-electron chi connectivity index (χ4n) is 1.83. The predicted octanol–water partition coefficient (Wildman–Crippen LogP) is 2.83. The maximum atomic E-state index is 13.6. The molecule has 0 saturated carbocycles. The third-order valence-corrected chi connectivity index (χ3v) is 3.07. The summed E-state index contributed by atoms with van der Waals surface area (Å²) in [4.78, 5) is 0. The van der Waals surface area contributed by atoms with Gasteiger partial charge >= 0.3 is 0 Å². The standard InChI is InChI=1S/C13H14ClFN2/c14-12-4-1-5-13(15)11(12)9-17-8-2-3-10(17)6-7-16/h1-5,8H,6-7,9,16H2. The molecule has 0 radical (unpaired) electrons. The van der Waals surface area contributed by atoms with Crippen molar-refractivity contribution in [1.82, 2.24) is 4.57 Å². The van der Waals surface area contributed by atoms with Gasteiger partial charge in [0.1, 0.15) is 5.82 Å². The quantitative estimate of drug-likeness (QED) is 0.891. The number of benzene rings is 1. The zero-order chi connectivity index (χ0) is 12.3. The minimum absolute atomic E-state index is 0.273. The van der Waals surface area contributed by atoms with E-state index in [4.69, 9.17) is 17.3 Å². The molecule has 90 valence electrons. The van der Waals surface area contributed by atoms with E-state index in [1.54, 1.807) is 12.1 Å². The number of halogens is 2. The number of aromatic nitrogens is 1. The lowest BCUT2D eigenvalue weighted by molar-refractivity contribution is 0.596. The minimum atomic E-state index is -0.273. The maximum absolute atomic E-state index is 13.6. The Morgan fingerprint density at radius 3 is 2.76 bits per heavy atom. The summed E-state index contributed by atoms with van der Waals surface area (Å²) in [7, 11) is 0. The number of hydrogen-bond donors (Lipinski definition) is 1. The number of hydrogen-bond acceptors (Lipinski definition) is 1. The normalized spacial score (nSPS) is 10.8. The van der Waals surface area contributed by atoms with E-state index in [-0.39, 0.29) is 5.82 Å². The maximum Gasteiger partial charge on any atom is 0.129 e. The van der Waals surface area contributed by atoms with Crippen LogP contribution in [0.4, 0.5) is 4.39 Å². The summed E-state index contributed by atoms with van der Waals surface area (Å²) >= 11 is 6.00. The molecule has 0 atom stereocenters. The van der Waals surface area contributed by atoms with Crippen molar-refractivity contribution in [2.45, 2.75) is 13.0 Å². The Labute approximate surface area is 105 Å². The highest BCUT2D eigenvalue weighted by Crippen LogP contribution is 2.20. The smallest absolute Gasteiger partial charge is 0.129 e. The molecule has 1 heterocycles. The van der Waals surface area contributed by atoms with Gasteiger partial charge in [-0.25, -0.2) is 4.39 Å². The topological polar surface area (TPSA) is 30.9 Å². The Bertz CT molecular complexity index is 488. The summed E-state index contributed by atoms with van der Waals surface area (Å²) in [5.74, 6) is -0.273. The molecular weight excluding hydrogens is 239 g/mol. The lowest BCUT2D eigenvalue weighted by atomic mass is 10.2. The van der Waals surface area contributed by atoms with Crippen LogP contribution in [0.5, 0.6) is 0 Å². The van der Waals surface area contributed by atoms with Gasteiger partial charge in [0.05, 0.1) is 6.54 Å². The van der Waals surface area contributed by atoms with Crippen molar-refractivity contribution in [2.24, 2.45) is 5.73 Å². The van der Waals surface area contributed by atoms with Crippen molar-refractivity contribution >= 4 is 11.6 Å². The Kier molecular flexibility index (Phi) is 3.82. The largest absolute Gasteiger partial charge is 0.347 e. The van der Waals surface area contributed by atoms with E-state index in [1.165, 1.54) is 6.07 Å². The minimum Gasteiger partial charge on any atom is -0.347 e. The van der Waals surface area contributed by atoms with Gasteiger partial charge in [0.2, 0.25) is 0 Å². The summed E-state index contributed by atoms with van der Waals surface area (Å²) in [5, 5.41) is 0.456. The highest BCUT2D eigenvalue weighted by molar-refractivity contribution is 6.31. The molecule has 1 aromatic carbocycles. The third kappa shape index (κ3) is 2.68. The first-order chi connectivity index (χ1) is 8.22. The molecule has 0 aliphatic heterocycles. The molecule has 0 bridgehead atoms. The second-order valence-electron chi connectivity index (χ2n) is 3.87. The fourth-order valence-corrected chi connectivity index (χ4v) is 2.06. The SMILES string of the molecule is NCCc1cccn1Cc1c(F)cccc1Cl. The zero-order valence-corrected chi connectivity index (χ0v) is 10.1. The van der Waals surface area contributed by atoms with Crippen LogP contribution in [0.1, 0.15) is 11.3 Å². The summed E-state index contributed by atoms with van der Waals surface area (Å²) < 4.78 is 15.6. The van der Waals surface area contributed by atoms with Crippen molar-refractivity contribution in [1.29, 1.82) is 0 Å². The molecule has 0 aliphatic rings. The molecule has 0 aliphatic carbocycles. The van der Waals surface area contributed by atoms with E-state index < -0.39 is 0 Å². The molecule has 17 heavy (non-hydrogen) atoms. The summed E-state index contributed by atoms with van der Waals surface area (Å²) in [5.41, 5.74) is 7.14. The van der Waals surface area contributed by atoms with Gasteiger partial charge in [0.25, 0.3) is 0 Å². The van der Waals surface area contributed by atoms with E-state index in [1.807, 2.05) is 22.9 Å². The Balaban J connectivity index is 2.28. The number of nitrogens with two attached hydrogens (primary N) is 1. The second-order valence-corrected chi connectivity index (χ2v) is 4.27. The Morgan fingerprint density at radius 2 is 2.06 bits per heavy atom. The molecule has 2 aromatic rings. The van der Waals surface area contributed by atoms with Gasteiger partial charge in [-0.05, 0) is 37.2 Å². The van der Waals surface area contributed by atoms with Crippen molar-refractivity contribution in [3.05, 3.63) is 58.6 Å². The van der Waals surface area contributed by atoms with Crippen LogP contribution in [-0.2, 0) is 13.0 Å². The molecule has 2 rings (SSSR count). The summed E-state index contributed by atoms with van der Waals surface area (Å²) in [6, 6.07) is 8.65. The van der Waals surface area contributed by atoms with Crippen LogP contribution >= 0.6 is 11.6 Å². The van der Waals surface area contributed by atoms with Crippen molar-refractivity contribution in [3.8, 4) is 0 Å². The number of nitrogens with zero attached hydrogens (tertiary/aromatic N) is 1. The first kappa shape index (κ1) is 12.1. The fraction of sp³-hybridized carbons (Fsp3) is 0.231. The molecule has 0 fully saturated rings. The molecule has 4 heteroatoms. The van der Waals surface area contributed by atoms with Gasteiger partial charge in [-0.3, -0.25) is 0 Å². The van der Waals surface area contributed by atoms with Crippen molar-refractivity contribution < 1.29 is 4.39 Å². The van der Waals surface area contributed by atoms with Crippen LogP contribution in [0.2, 0.25) is 5.02 Å². The lowest BCUT2D eigenvalue weighted by Gasteiger charge is -2.10.